The van der Waals surface area contributed by atoms with Gasteiger partial charge in [-0.2, -0.15) is 0 Å². The maximum absolute atomic E-state index is 5.61. The minimum absolute atomic E-state index is 0.661. The lowest BCUT2D eigenvalue weighted by Crippen LogP contribution is -2.23. The summed E-state index contributed by atoms with van der Waals surface area (Å²) in [6, 6.07) is 11.8. The maximum Gasteiger partial charge on any atom is 0.120 e. The van der Waals surface area contributed by atoms with Crippen LogP contribution in [0.3, 0.4) is 0 Å². The molecule has 0 radical (unpaired) electrons. The Morgan fingerprint density at radius 3 is 2.89 bits per heavy atom. The second kappa shape index (κ2) is 7.24. The fourth-order valence-electron chi connectivity index (χ4n) is 1.59. The molecule has 1 aromatic heterocycles. The van der Waals surface area contributed by atoms with E-state index in [0.29, 0.717) is 6.61 Å². The molecular weight excluding hydrogens is 294 g/mol. The first-order chi connectivity index (χ1) is 8.84. The lowest BCUT2D eigenvalue weighted by molar-refractivity contribution is 0.313. The number of rotatable bonds is 7. The first-order valence-electron chi connectivity index (χ1n) is 5.96. The van der Waals surface area contributed by atoms with E-state index in [1.54, 1.807) is 6.26 Å². The molecule has 2 aromatic rings. The first kappa shape index (κ1) is 13.2. The first-order valence-corrected chi connectivity index (χ1v) is 6.75. The molecule has 0 aliphatic carbocycles. The van der Waals surface area contributed by atoms with Crippen molar-refractivity contribution in [1.82, 2.24) is 5.32 Å². The van der Waals surface area contributed by atoms with Crippen LogP contribution in [-0.4, -0.2) is 19.7 Å². The summed E-state index contributed by atoms with van der Waals surface area (Å²) in [4.78, 5) is 0. The molecule has 0 aliphatic rings. The lowest BCUT2D eigenvalue weighted by Gasteiger charge is -2.07. The molecule has 0 aliphatic heterocycles. The number of nitrogens with one attached hydrogen (secondary N) is 1. The molecule has 0 atom stereocenters. The standard InChI is InChI=1S/C14H16BrNO2/c15-12-3-1-4-14(11-12)18-10-8-16-7-6-13-5-2-9-17-13/h1-5,9,11,16H,6-8,10H2. The van der Waals surface area contributed by atoms with E-state index in [-0.39, 0.29) is 0 Å². The molecule has 2 rings (SSSR count). The fourth-order valence-corrected chi connectivity index (χ4v) is 1.97. The third-order valence-electron chi connectivity index (χ3n) is 2.47. The average molecular weight is 310 g/mol. The second-order valence-electron chi connectivity index (χ2n) is 3.89. The van der Waals surface area contributed by atoms with Gasteiger partial charge in [0.25, 0.3) is 0 Å². The highest BCUT2D eigenvalue weighted by molar-refractivity contribution is 9.10. The molecule has 1 aromatic carbocycles. The topological polar surface area (TPSA) is 34.4 Å². The van der Waals surface area contributed by atoms with Crippen LogP contribution in [0.5, 0.6) is 5.75 Å². The van der Waals surface area contributed by atoms with Gasteiger partial charge in [-0.3, -0.25) is 0 Å². The Morgan fingerprint density at radius 1 is 1.17 bits per heavy atom. The summed E-state index contributed by atoms with van der Waals surface area (Å²) in [5, 5.41) is 3.31. The quantitative estimate of drug-likeness (QED) is 0.797. The molecule has 0 amide bonds. The third kappa shape index (κ3) is 4.55. The van der Waals surface area contributed by atoms with Gasteiger partial charge in [0, 0.05) is 24.0 Å². The minimum atomic E-state index is 0.661. The third-order valence-corrected chi connectivity index (χ3v) is 2.97. The monoisotopic (exact) mass is 309 g/mol. The summed E-state index contributed by atoms with van der Waals surface area (Å²) in [6.45, 7) is 2.39. The van der Waals surface area contributed by atoms with Crippen LogP contribution in [0.1, 0.15) is 5.76 Å². The van der Waals surface area contributed by atoms with Crippen LogP contribution in [0.2, 0.25) is 0 Å². The number of hydrogen-bond acceptors (Lipinski definition) is 3. The van der Waals surface area contributed by atoms with Crippen LogP contribution in [0.15, 0.2) is 51.6 Å². The zero-order chi connectivity index (χ0) is 12.6. The molecule has 0 saturated carbocycles. The molecule has 0 saturated heterocycles. The molecule has 18 heavy (non-hydrogen) atoms. The maximum atomic E-state index is 5.61. The van der Waals surface area contributed by atoms with Gasteiger partial charge in [0.2, 0.25) is 0 Å². The van der Waals surface area contributed by atoms with Crippen LogP contribution >= 0.6 is 15.9 Å². The summed E-state index contributed by atoms with van der Waals surface area (Å²) < 4.78 is 11.9. The predicted molar refractivity (Wildman–Crippen MR) is 74.9 cm³/mol. The molecule has 0 bridgehead atoms. The Morgan fingerprint density at radius 2 is 2.11 bits per heavy atom. The van der Waals surface area contributed by atoms with Gasteiger partial charge >= 0.3 is 0 Å². The van der Waals surface area contributed by atoms with Gasteiger partial charge < -0.3 is 14.5 Å². The summed E-state index contributed by atoms with van der Waals surface area (Å²) in [5.41, 5.74) is 0. The Balaban J connectivity index is 1.56. The van der Waals surface area contributed by atoms with E-state index in [1.807, 2.05) is 36.4 Å². The van der Waals surface area contributed by atoms with Crippen molar-refractivity contribution in [2.24, 2.45) is 0 Å². The molecule has 0 unspecified atom stereocenters. The molecule has 0 spiro atoms. The molecule has 1 heterocycles. The lowest BCUT2D eigenvalue weighted by atomic mass is 10.3. The zero-order valence-electron chi connectivity index (χ0n) is 10.1. The van der Waals surface area contributed by atoms with Gasteiger partial charge in [-0.1, -0.05) is 22.0 Å². The molecule has 3 nitrogen and oxygen atoms in total. The summed E-state index contributed by atoms with van der Waals surface area (Å²) >= 11 is 3.41. The molecule has 4 heteroatoms. The Bertz CT molecular complexity index is 457. The fraction of sp³-hybridized carbons (Fsp3) is 0.286. The van der Waals surface area contributed by atoms with Crippen LogP contribution in [0.25, 0.3) is 0 Å². The van der Waals surface area contributed by atoms with E-state index in [1.165, 1.54) is 0 Å². The van der Waals surface area contributed by atoms with Gasteiger partial charge in [-0.05, 0) is 30.3 Å². The van der Waals surface area contributed by atoms with Gasteiger partial charge in [0.1, 0.15) is 18.1 Å². The number of halogens is 1. The van der Waals surface area contributed by atoms with Crippen molar-refractivity contribution < 1.29 is 9.15 Å². The van der Waals surface area contributed by atoms with Gasteiger partial charge in [-0.15, -0.1) is 0 Å². The van der Waals surface area contributed by atoms with E-state index in [2.05, 4.69) is 21.2 Å². The van der Waals surface area contributed by atoms with Crippen molar-refractivity contribution in [3.8, 4) is 5.75 Å². The second-order valence-corrected chi connectivity index (χ2v) is 4.80. The normalized spacial score (nSPS) is 10.5. The Labute approximate surface area is 115 Å². The van der Waals surface area contributed by atoms with E-state index in [0.717, 1.165) is 35.5 Å². The SMILES string of the molecule is Brc1cccc(OCCNCCc2ccco2)c1. The summed E-state index contributed by atoms with van der Waals surface area (Å²) in [5.74, 6) is 1.90. The highest BCUT2D eigenvalue weighted by atomic mass is 79.9. The smallest absolute Gasteiger partial charge is 0.120 e. The van der Waals surface area contributed by atoms with Crippen molar-refractivity contribution in [2.45, 2.75) is 6.42 Å². The van der Waals surface area contributed by atoms with E-state index >= 15 is 0 Å². The number of ether oxygens (including phenoxy) is 1. The van der Waals surface area contributed by atoms with Gasteiger partial charge in [0.05, 0.1) is 6.26 Å². The Hall–Kier alpha value is -1.26. The van der Waals surface area contributed by atoms with E-state index < -0.39 is 0 Å². The molecule has 1 N–H and O–H groups in total. The van der Waals surface area contributed by atoms with Crippen molar-refractivity contribution in [1.29, 1.82) is 0 Å². The van der Waals surface area contributed by atoms with Crippen molar-refractivity contribution in [3.63, 3.8) is 0 Å². The largest absolute Gasteiger partial charge is 0.492 e. The summed E-state index contributed by atoms with van der Waals surface area (Å²) in [6.07, 6.45) is 2.61. The average Bonchev–Trinajstić information content (AvgIpc) is 2.87. The van der Waals surface area contributed by atoms with Gasteiger partial charge in [-0.25, -0.2) is 0 Å². The Kier molecular flexibility index (Phi) is 5.30. The van der Waals surface area contributed by atoms with Crippen LogP contribution in [0.4, 0.5) is 0 Å². The highest BCUT2D eigenvalue weighted by Crippen LogP contribution is 2.17. The summed E-state index contributed by atoms with van der Waals surface area (Å²) in [7, 11) is 0. The zero-order valence-corrected chi connectivity index (χ0v) is 11.7. The van der Waals surface area contributed by atoms with Crippen LogP contribution in [-0.2, 0) is 6.42 Å². The van der Waals surface area contributed by atoms with E-state index in [4.69, 9.17) is 9.15 Å². The predicted octanol–water partition coefficient (Wildman–Crippen LogP) is 3.25. The van der Waals surface area contributed by atoms with E-state index in [9.17, 15) is 0 Å². The van der Waals surface area contributed by atoms with Crippen molar-refractivity contribution in [3.05, 3.63) is 52.9 Å². The van der Waals surface area contributed by atoms with Crippen LogP contribution < -0.4 is 10.1 Å². The van der Waals surface area contributed by atoms with Gasteiger partial charge in [0.15, 0.2) is 0 Å². The van der Waals surface area contributed by atoms with Crippen molar-refractivity contribution >= 4 is 15.9 Å². The van der Waals surface area contributed by atoms with Crippen LogP contribution in [0, 0.1) is 0 Å². The minimum Gasteiger partial charge on any atom is -0.492 e. The van der Waals surface area contributed by atoms with Crippen molar-refractivity contribution in [2.75, 3.05) is 19.7 Å². The number of hydrogen-bond donors (Lipinski definition) is 1. The number of furan rings is 1. The molecule has 96 valence electrons. The molecular formula is C14H16BrNO2. The highest BCUT2D eigenvalue weighted by Gasteiger charge is 1.96. The number of benzene rings is 1. The molecule has 0 fully saturated rings.